The molecule has 0 aromatic rings. The maximum atomic E-state index is 8.19. The first kappa shape index (κ1) is 9.32. The van der Waals surface area contributed by atoms with Crippen molar-refractivity contribution < 1.29 is 0 Å². The van der Waals surface area contributed by atoms with Crippen LogP contribution < -0.4 is 0 Å². The Bertz CT molecular complexity index is 198. The summed E-state index contributed by atoms with van der Waals surface area (Å²) in [5, 5.41) is 3.60. The van der Waals surface area contributed by atoms with Crippen LogP contribution in [0, 0.1) is 0 Å². The number of likely N-dealkylation sites (N-methyl/N-ethyl adjacent to an activating group) is 2. The molecule has 1 saturated heterocycles. The van der Waals surface area contributed by atoms with Crippen molar-refractivity contribution in [2.45, 2.75) is 19.0 Å². The van der Waals surface area contributed by atoms with Crippen molar-refractivity contribution in [1.29, 1.82) is 0 Å². The first-order chi connectivity index (χ1) is 5.66. The summed E-state index contributed by atoms with van der Waals surface area (Å²) in [6.07, 6.45) is 0. The SMILES string of the molecule is CC1C(CN=[N+]=[N-])N(C)CN1C. The number of azide groups is 1. The number of rotatable bonds is 2. The molecule has 1 fully saturated rings. The van der Waals surface area contributed by atoms with Gasteiger partial charge in [0.25, 0.3) is 0 Å². The molecule has 1 rings (SSSR count). The van der Waals surface area contributed by atoms with Crippen LogP contribution in [0.15, 0.2) is 5.11 Å². The van der Waals surface area contributed by atoms with Crippen LogP contribution in [-0.2, 0) is 0 Å². The molecule has 1 heterocycles. The Kier molecular flexibility index (Phi) is 2.92. The minimum atomic E-state index is 0.367. The first-order valence-corrected chi connectivity index (χ1v) is 4.08. The molecule has 0 aromatic heterocycles. The van der Waals surface area contributed by atoms with Gasteiger partial charge in [-0.1, -0.05) is 5.11 Å². The lowest BCUT2D eigenvalue weighted by Gasteiger charge is -2.19. The largest absolute Gasteiger partial charge is 0.289 e. The van der Waals surface area contributed by atoms with Gasteiger partial charge in [-0.25, -0.2) is 0 Å². The third-order valence-electron chi connectivity index (χ3n) is 2.60. The second-order valence-corrected chi connectivity index (χ2v) is 3.38. The first-order valence-electron chi connectivity index (χ1n) is 4.08. The second-order valence-electron chi connectivity index (χ2n) is 3.38. The fourth-order valence-electron chi connectivity index (χ4n) is 1.66. The van der Waals surface area contributed by atoms with E-state index in [1.54, 1.807) is 0 Å². The van der Waals surface area contributed by atoms with E-state index in [0.717, 1.165) is 6.67 Å². The van der Waals surface area contributed by atoms with Crippen LogP contribution in [0.5, 0.6) is 0 Å². The summed E-state index contributed by atoms with van der Waals surface area (Å²) in [4.78, 5) is 7.23. The molecule has 0 N–H and O–H groups in total. The van der Waals surface area contributed by atoms with E-state index in [1.807, 2.05) is 0 Å². The maximum Gasteiger partial charge on any atom is 0.0507 e. The molecular formula is C7H15N5. The van der Waals surface area contributed by atoms with E-state index in [9.17, 15) is 0 Å². The average Bonchev–Trinajstić information content (AvgIpc) is 2.25. The monoisotopic (exact) mass is 169 g/mol. The van der Waals surface area contributed by atoms with Crippen LogP contribution in [0.1, 0.15) is 6.92 Å². The van der Waals surface area contributed by atoms with Gasteiger partial charge in [-0.05, 0) is 26.6 Å². The summed E-state index contributed by atoms with van der Waals surface area (Å²) in [7, 11) is 4.13. The lowest BCUT2D eigenvalue weighted by molar-refractivity contribution is 0.286. The van der Waals surface area contributed by atoms with Crippen LogP contribution in [0.4, 0.5) is 0 Å². The molecule has 0 aromatic carbocycles. The van der Waals surface area contributed by atoms with E-state index in [2.05, 4.69) is 40.8 Å². The highest BCUT2D eigenvalue weighted by molar-refractivity contribution is 4.88. The van der Waals surface area contributed by atoms with Crippen LogP contribution in [0.25, 0.3) is 10.4 Å². The minimum Gasteiger partial charge on any atom is -0.289 e. The molecule has 2 atom stereocenters. The van der Waals surface area contributed by atoms with Gasteiger partial charge < -0.3 is 0 Å². The van der Waals surface area contributed by atoms with Crippen molar-refractivity contribution in [2.24, 2.45) is 5.11 Å². The van der Waals surface area contributed by atoms with Crippen LogP contribution in [0.3, 0.4) is 0 Å². The van der Waals surface area contributed by atoms with Gasteiger partial charge in [-0.2, -0.15) is 0 Å². The summed E-state index contributed by atoms with van der Waals surface area (Å²) < 4.78 is 0. The summed E-state index contributed by atoms with van der Waals surface area (Å²) in [6, 6.07) is 0.839. The van der Waals surface area contributed by atoms with Gasteiger partial charge in [0.05, 0.1) is 6.67 Å². The zero-order chi connectivity index (χ0) is 9.14. The highest BCUT2D eigenvalue weighted by Gasteiger charge is 2.31. The summed E-state index contributed by atoms with van der Waals surface area (Å²) in [5.74, 6) is 0. The van der Waals surface area contributed by atoms with Crippen molar-refractivity contribution in [3.63, 3.8) is 0 Å². The third kappa shape index (κ3) is 1.69. The highest BCUT2D eigenvalue weighted by atomic mass is 15.4. The molecule has 0 spiro atoms. The lowest BCUT2D eigenvalue weighted by atomic mass is 10.1. The number of nitrogens with zero attached hydrogens (tertiary/aromatic N) is 5. The topological polar surface area (TPSA) is 55.2 Å². The Labute approximate surface area is 72.6 Å². The standard InChI is InChI=1S/C7H15N5/c1-6-7(4-9-10-8)12(3)5-11(6)2/h6-7H,4-5H2,1-3H3. The molecule has 0 bridgehead atoms. The number of hydrogen-bond acceptors (Lipinski definition) is 3. The molecule has 0 saturated carbocycles. The van der Waals surface area contributed by atoms with Crippen LogP contribution in [0.2, 0.25) is 0 Å². The highest BCUT2D eigenvalue weighted by Crippen LogP contribution is 2.16. The van der Waals surface area contributed by atoms with E-state index < -0.39 is 0 Å². The number of hydrogen-bond donors (Lipinski definition) is 0. The Morgan fingerprint density at radius 2 is 2.17 bits per heavy atom. The third-order valence-corrected chi connectivity index (χ3v) is 2.60. The van der Waals surface area contributed by atoms with Gasteiger partial charge in [0.1, 0.15) is 0 Å². The fraction of sp³-hybridized carbons (Fsp3) is 1.00. The Hall–Kier alpha value is -0.770. The average molecular weight is 169 g/mol. The molecule has 2 unspecified atom stereocenters. The van der Waals surface area contributed by atoms with Gasteiger partial charge in [0.15, 0.2) is 0 Å². The van der Waals surface area contributed by atoms with Gasteiger partial charge in [-0.3, -0.25) is 9.80 Å². The molecule has 12 heavy (non-hydrogen) atoms. The smallest absolute Gasteiger partial charge is 0.0507 e. The van der Waals surface area contributed by atoms with Gasteiger partial charge in [-0.15, -0.1) is 0 Å². The normalized spacial score (nSPS) is 31.9. The second kappa shape index (κ2) is 3.76. The van der Waals surface area contributed by atoms with Crippen molar-refractivity contribution in [2.75, 3.05) is 27.3 Å². The molecule has 0 radical (unpaired) electrons. The van der Waals surface area contributed by atoms with E-state index >= 15 is 0 Å². The quantitative estimate of drug-likeness (QED) is 0.350. The van der Waals surface area contributed by atoms with Gasteiger partial charge in [0, 0.05) is 23.5 Å². The molecular weight excluding hydrogens is 154 g/mol. The van der Waals surface area contributed by atoms with E-state index in [1.165, 1.54) is 0 Å². The van der Waals surface area contributed by atoms with Gasteiger partial charge in [0.2, 0.25) is 0 Å². The molecule has 1 aliphatic heterocycles. The lowest BCUT2D eigenvalue weighted by Crippen LogP contribution is -2.35. The summed E-state index contributed by atoms with van der Waals surface area (Å²) in [5.41, 5.74) is 8.19. The summed E-state index contributed by atoms with van der Waals surface area (Å²) in [6.45, 7) is 3.67. The minimum absolute atomic E-state index is 0.367. The van der Waals surface area contributed by atoms with Gasteiger partial charge >= 0.3 is 0 Å². The van der Waals surface area contributed by atoms with Crippen molar-refractivity contribution in [3.05, 3.63) is 10.4 Å². The summed E-state index contributed by atoms with van der Waals surface area (Å²) >= 11 is 0. The Balaban J connectivity index is 2.56. The van der Waals surface area contributed by atoms with E-state index in [0.29, 0.717) is 18.6 Å². The molecule has 68 valence electrons. The maximum absolute atomic E-state index is 8.19. The zero-order valence-electron chi connectivity index (χ0n) is 7.80. The molecule has 0 aliphatic carbocycles. The van der Waals surface area contributed by atoms with Crippen molar-refractivity contribution in [3.8, 4) is 0 Å². The molecule has 1 aliphatic rings. The Morgan fingerprint density at radius 3 is 2.58 bits per heavy atom. The van der Waals surface area contributed by atoms with E-state index in [4.69, 9.17) is 5.53 Å². The predicted molar refractivity (Wildman–Crippen MR) is 47.7 cm³/mol. The zero-order valence-corrected chi connectivity index (χ0v) is 7.80. The fourth-order valence-corrected chi connectivity index (χ4v) is 1.66. The van der Waals surface area contributed by atoms with Crippen LogP contribution >= 0.6 is 0 Å². The molecule has 5 nitrogen and oxygen atoms in total. The van der Waals surface area contributed by atoms with Crippen molar-refractivity contribution >= 4 is 0 Å². The predicted octanol–water partition coefficient (Wildman–Crippen LogP) is 0.889. The Morgan fingerprint density at radius 1 is 1.50 bits per heavy atom. The van der Waals surface area contributed by atoms with Crippen molar-refractivity contribution in [1.82, 2.24) is 9.80 Å². The van der Waals surface area contributed by atoms with E-state index in [-0.39, 0.29) is 0 Å². The molecule has 5 heteroatoms. The van der Waals surface area contributed by atoms with Crippen LogP contribution in [-0.4, -0.2) is 49.2 Å². The molecule has 0 amide bonds.